The number of carbonyl (C=O) groups excluding carboxylic acids is 1. The number of nitrogens with one attached hydrogen (secondary N) is 2. The van der Waals surface area contributed by atoms with E-state index in [0.717, 1.165) is 16.8 Å². The quantitative estimate of drug-likeness (QED) is 0.695. The Hall–Kier alpha value is -3.61. The van der Waals surface area contributed by atoms with Gasteiger partial charge in [-0.2, -0.15) is 0 Å². The van der Waals surface area contributed by atoms with Crippen LogP contribution < -0.4 is 20.1 Å². The molecule has 0 bridgehead atoms. The summed E-state index contributed by atoms with van der Waals surface area (Å²) in [5.74, 6) is 2.04. The van der Waals surface area contributed by atoms with Crippen molar-refractivity contribution in [2.45, 2.75) is 20.8 Å². The van der Waals surface area contributed by atoms with Crippen LogP contribution in [-0.2, 0) is 0 Å². The molecule has 7 heteroatoms. The normalized spacial score (nSPS) is 12.4. The Balaban J connectivity index is 1.54. The van der Waals surface area contributed by atoms with E-state index in [9.17, 15) is 4.79 Å². The zero-order valence-electron chi connectivity index (χ0n) is 16.6. The maximum absolute atomic E-state index is 12.7. The van der Waals surface area contributed by atoms with Gasteiger partial charge in [0, 0.05) is 23.5 Å². The Labute approximate surface area is 169 Å². The summed E-state index contributed by atoms with van der Waals surface area (Å²) in [5, 5.41) is 6.11. The molecule has 1 amide bonds. The molecule has 0 saturated carbocycles. The number of ether oxygens (including phenoxy) is 2. The van der Waals surface area contributed by atoms with Gasteiger partial charge in [-0.1, -0.05) is 6.07 Å². The van der Waals surface area contributed by atoms with Gasteiger partial charge in [-0.15, -0.1) is 0 Å². The van der Waals surface area contributed by atoms with Crippen LogP contribution in [0.15, 0.2) is 42.5 Å². The highest BCUT2D eigenvalue weighted by atomic mass is 16.6. The Bertz CT molecular complexity index is 1060. The number of amides is 1. The number of benzene rings is 2. The molecule has 1 aliphatic heterocycles. The molecule has 3 aromatic rings. The van der Waals surface area contributed by atoms with Crippen LogP contribution in [0.1, 0.15) is 27.4 Å². The Morgan fingerprint density at radius 2 is 1.59 bits per heavy atom. The molecule has 1 aromatic heterocycles. The third-order valence-electron chi connectivity index (χ3n) is 4.36. The van der Waals surface area contributed by atoms with E-state index in [2.05, 4.69) is 26.7 Å². The molecule has 0 spiro atoms. The second kappa shape index (κ2) is 7.79. The van der Waals surface area contributed by atoms with Crippen molar-refractivity contribution in [3.8, 4) is 11.5 Å². The summed E-state index contributed by atoms with van der Waals surface area (Å²) >= 11 is 0. The van der Waals surface area contributed by atoms with Crippen LogP contribution in [0, 0.1) is 20.8 Å². The van der Waals surface area contributed by atoms with Gasteiger partial charge in [0.15, 0.2) is 11.5 Å². The smallest absolute Gasteiger partial charge is 0.274 e. The summed E-state index contributed by atoms with van der Waals surface area (Å²) < 4.78 is 11.1. The second-order valence-electron chi connectivity index (χ2n) is 7.00. The van der Waals surface area contributed by atoms with Gasteiger partial charge in [-0.3, -0.25) is 4.79 Å². The first kappa shape index (κ1) is 18.7. The topological polar surface area (TPSA) is 85.4 Å². The minimum atomic E-state index is -0.323. The molecule has 2 N–H and O–H groups in total. The van der Waals surface area contributed by atoms with Gasteiger partial charge in [-0.05, 0) is 56.2 Å². The molecule has 2 aromatic carbocycles. The summed E-state index contributed by atoms with van der Waals surface area (Å²) in [6.45, 7) is 6.84. The van der Waals surface area contributed by atoms with E-state index in [1.54, 1.807) is 31.2 Å². The first-order valence-electron chi connectivity index (χ1n) is 9.38. The van der Waals surface area contributed by atoms with Crippen molar-refractivity contribution in [3.63, 3.8) is 0 Å². The highest BCUT2D eigenvalue weighted by Gasteiger charge is 2.15. The van der Waals surface area contributed by atoms with Gasteiger partial charge in [0.2, 0.25) is 0 Å². The molecular formula is C22H22N4O3. The van der Waals surface area contributed by atoms with Crippen molar-refractivity contribution in [2.75, 3.05) is 23.8 Å². The standard InChI is InChI=1S/C22H22N4O3/c1-13-8-14(2)10-17(9-13)25-21-12-18(23-15(3)24-21)22(27)26-16-4-5-19-20(11-16)29-7-6-28-19/h4-5,8-12H,6-7H2,1-3H3,(H,26,27)(H,23,24,25). The molecule has 148 valence electrons. The molecule has 0 aliphatic carbocycles. The summed E-state index contributed by atoms with van der Waals surface area (Å²) in [6.07, 6.45) is 0. The fourth-order valence-corrected chi connectivity index (χ4v) is 3.26. The molecular weight excluding hydrogens is 368 g/mol. The molecule has 0 unspecified atom stereocenters. The molecule has 1 aliphatic rings. The van der Waals surface area contributed by atoms with Crippen molar-refractivity contribution in [1.29, 1.82) is 0 Å². The first-order valence-corrected chi connectivity index (χ1v) is 9.38. The van der Waals surface area contributed by atoms with Crippen molar-refractivity contribution < 1.29 is 14.3 Å². The van der Waals surface area contributed by atoms with Gasteiger partial charge in [0.05, 0.1) is 0 Å². The largest absolute Gasteiger partial charge is 0.486 e. The SMILES string of the molecule is Cc1cc(C)cc(Nc2cc(C(=O)Nc3ccc4c(c3)OCCO4)nc(C)n2)c1. The highest BCUT2D eigenvalue weighted by molar-refractivity contribution is 6.03. The number of aromatic nitrogens is 2. The number of anilines is 3. The predicted molar refractivity (Wildman–Crippen MR) is 111 cm³/mol. The zero-order chi connectivity index (χ0) is 20.4. The van der Waals surface area contributed by atoms with Crippen molar-refractivity contribution >= 4 is 23.1 Å². The maximum atomic E-state index is 12.7. The van der Waals surface area contributed by atoms with E-state index in [4.69, 9.17) is 9.47 Å². The zero-order valence-corrected chi connectivity index (χ0v) is 16.6. The lowest BCUT2D eigenvalue weighted by Gasteiger charge is -2.19. The van der Waals surface area contributed by atoms with E-state index in [0.29, 0.717) is 42.0 Å². The van der Waals surface area contributed by atoms with Crippen LogP contribution in [0.5, 0.6) is 11.5 Å². The number of aryl methyl sites for hydroxylation is 3. The van der Waals surface area contributed by atoms with Crippen LogP contribution in [-0.4, -0.2) is 29.1 Å². The van der Waals surface area contributed by atoms with Crippen LogP contribution in [0.2, 0.25) is 0 Å². The monoisotopic (exact) mass is 390 g/mol. The lowest BCUT2D eigenvalue weighted by molar-refractivity contribution is 0.102. The van der Waals surface area contributed by atoms with Gasteiger partial charge < -0.3 is 20.1 Å². The third kappa shape index (κ3) is 4.45. The van der Waals surface area contributed by atoms with Crippen molar-refractivity contribution in [3.05, 3.63) is 65.1 Å². The molecule has 4 rings (SSSR count). The van der Waals surface area contributed by atoms with E-state index in [-0.39, 0.29) is 11.6 Å². The first-order chi connectivity index (χ1) is 14.0. The number of hydrogen-bond donors (Lipinski definition) is 2. The molecule has 29 heavy (non-hydrogen) atoms. The number of hydrogen-bond acceptors (Lipinski definition) is 6. The van der Waals surface area contributed by atoms with E-state index in [1.165, 1.54) is 0 Å². The van der Waals surface area contributed by atoms with Gasteiger partial charge in [-0.25, -0.2) is 9.97 Å². The third-order valence-corrected chi connectivity index (χ3v) is 4.36. The molecule has 7 nitrogen and oxygen atoms in total. The number of rotatable bonds is 4. The minimum absolute atomic E-state index is 0.277. The fraction of sp³-hybridized carbons (Fsp3) is 0.227. The Morgan fingerprint density at radius 1 is 0.862 bits per heavy atom. The molecule has 0 fully saturated rings. The lowest BCUT2D eigenvalue weighted by atomic mass is 10.1. The van der Waals surface area contributed by atoms with E-state index < -0.39 is 0 Å². The lowest BCUT2D eigenvalue weighted by Crippen LogP contribution is -2.17. The van der Waals surface area contributed by atoms with Crippen molar-refractivity contribution in [1.82, 2.24) is 9.97 Å². The van der Waals surface area contributed by atoms with Crippen LogP contribution in [0.25, 0.3) is 0 Å². The van der Waals surface area contributed by atoms with Gasteiger partial charge >= 0.3 is 0 Å². The Morgan fingerprint density at radius 3 is 2.34 bits per heavy atom. The van der Waals surface area contributed by atoms with Gasteiger partial charge in [0.25, 0.3) is 5.91 Å². The predicted octanol–water partition coefficient (Wildman–Crippen LogP) is 4.17. The average Bonchev–Trinajstić information content (AvgIpc) is 2.66. The number of carbonyl (C=O) groups is 1. The Kier molecular flexibility index (Phi) is 5.03. The molecule has 2 heterocycles. The number of fused-ring (bicyclic) bond motifs is 1. The fourth-order valence-electron chi connectivity index (χ4n) is 3.26. The molecule has 0 radical (unpaired) electrons. The second-order valence-corrected chi connectivity index (χ2v) is 7.00. The molecule has 0 atom stereocenters. The van der Waals surface area contributed by atoms with Crippen molar-refractivity contribution in [2.24, 2.45) is 0 Å². The van der Waals surface area contributed by atoms with E-state index >= 15 is 0 Å². The van der Waals surface area contributed by atoms with Gasteiger partial charge in [0.1, 0.15) is 30.5 Å². The van der Waals surface area contributed by atoms with Crippen LogP contribution in [0.3, 0.4) is 0 Å². The minimum Gasteiger partial charge on any atom is -0.486 e. The summed E-state index contributed by atoms with van der Waals surface area (Å²) in [6, 6.07) is 13.1. The summed E-state index contributed by atoms with van der Waals surface area (Å²) in [7, 11) is 0. The number of nitrogens with zero attached hydrogens (tertiary/aromatic N) is 2. The van der Waals surface area contributed by atoms with Crippen LogP contribution in [0.4, 0.5) is 17.2 Å². The summed E-state index contributed by atoms with van der Waals surface area (Å²) in [5.41, 5.74) is 4.10. The average molecular weight is 390 g/mol. The van der Waals surface area contributed by atoms with E-state index in [1.807, 2.05) is 26.0 Å². The van der Waals surface area contributed by atoms with Crippen LogP contribution >= 0.6 is 0 Å². The molecule has 0 saturated heterocycles. The maximum Gasteiger partial charge on any atom is 0.274 e. The summed E-state index contributed by atoms with van der Waals surface area (Å²) in [4.78, 5) is 21.4. The highest BCUT2D eigenvalue weighted by Crippen LogP contribution is 2.32.